The van der Waals surface area contributed by atoms with Gasteiger partial charge in [0.15, 0.2) is 0 Å². The Kier molecular flexibility index (Phi) is 6.15. The van der Waals surface area contributed by atoms with Gasteiger partial charge in [-0.25, -0.2) is 0 Å². The number of nitrogens with one attached hydrogen (secondary N) is 2. The van der Waals surface area contributed by atoms with E-state index in [2.05, 4.69) is 10.3 Å². The van der Waals surface area contributed by atoms with E-state index in [-0.39, 0.29) is 23.5 Å². The minimum Gasteiger partial charge on any atom is -0.469 e. The fourth-order valence-electron chi connectivity index (χ4n) is 3.59. The number of amides is 1. The molecule has 8 nitrogen and oxygen atoms in total. The number of rotatable bonds is 7. The molecule has 0 bridgehead atoms. The number of aromatic amines is 1. The zero-order valence-corrected chi connectivity index (χ0v) is 17.0. The van der Waals surface area contributed by atoms with E-state index in [9.17, 15) is 19.7 Å². The predicted octanol–water partition coefficient (Wildman–Crippen LogP) is 3.65. The maximum Gasteiger partial charge on any atom is 0.308 e. The Hall–Kier alpha value is -3.68. The van der Waals surface area contributed by atoms with E-state index in [4.69, 9.17) is 4.74 Å². The van der Waals surface area contributed by atoms with Crippen LogP contribution in [0.3, 0.4) is 0 Å². The van der Waals surface area contributed by atoms with Crippen molar-refractivity contribution in [2.75, 3.05) is 7.11 Å². The quantitative estimate of drug-likeness (QED) is 0.351. The molecule has 0 spiro atoms. The molecular weight excluding hydrogens is 386 g/mol. The third-order valence-electron chi connectivity index (χ3n) is 5.03. The molecule has 0 saturated carbocycles. The summed E-state index contributed by atoms with van der Waals surface area (Å²) in [4.78, 5) is 37.9. The van der Waals surface area contributed by atoms with Crippen molar-refractivity contribution in [1.29, 1.82) is 0 Å². The smallest absolute Gasteiger partial charge is 0.308 e. The number of fused-ring (bicyclic) bond motifs is 1. The predicted molar refractivity (Wildman–Crippen MR) is 112 cm³/mol. The Labute approximate surface area is 173 Å². The van der Waals surface area contributed by atoms with Crippen LogP contribution in [0.5, 0.6) is 0 Å². The molecule has 30 heavy (non-hydrogen) atoms. The van der Waals surface area contributed by atoms with Crippen molar-refractivity contribution in [3.8, 4) is 0 Å². The lowest BCUT2D eigenvalue weighted by Crippen LogP contribution is -2.28. The molecule has 3 rings (SSSR count). The van der Waals surface area contributed by atoms with Gasteiger partial charge in [0, 0.05) is 35.7 Å². The van der Waals surface area contributed by atoms with Crippen LogP contribution in [0.25, 0.3) is 10.9 Å². The number of nitro groups is 1. The number of para-hydroxylation sites is 1. The summed E-state index contributed by atoms with van der Waals surface area (Å²) >= 11 is 0. The van der Waals surface area contributed by atoms with E-state index >= 15 is 0 Å². The van der Waals surface area contributed by atoms with E-state index in [0.29, 0.717) is 12.0 Å². The number of methoxy groups -OCH3 is 1. The topological polar surface area (TPSA) is 114 Å². The summed E-state index contributed by atoms with van der Waals surface area (Å²) in [5, 5.41) is 14.9. The van der Waals surface area contributed by atoms with Crippen molar-refractivity contribution in [1.82, 2.24) is 10.3 Å². The van der Waals surface area contributed by atoms with Gasteiger partial charge in [-0.3, -0.25) is 19.7 Å². The molecule has 0 saturated heterocycles. The second-order valence-electron chi connectivity index (χ2n) is 7.17. The van der Waals surface area contributed by atoms with Crippen molar-refractivity contribution in [2.24, 2.45) is 5.92 Å². The van der Waals surface area contributed by atoms with Crippen LogP contribution in [-0.2, 0) is 20.7 Å². The summed E-state index contributed by atoms with van der Waals surface area (Å²) in [6.45, 7) is 3.20. The molecule has 2 aromatic carbocycles. The molecule has 8 heteroatoms. The SMILES string of the molecule is COC(=O)C(C)Cc1c(C(NC(C)=O)c2ccc([N+](=O)[O-])cc2)[nH]c2ccccc12. The average Bonchev–Trinajstić information content (AvgIpc) is 3.09. The highest BCUT2D eigenvalue weighted by Crippen LogP contribution is 2.33. The van der Waals surface area contributed by atoms with Crippen molar-refractivity contribution in [2.45, 2.75) is 26.3 Å². The number of hydrogen-bond acceptors (Lipinski definition) is 5. The molecule has 0 aliphatic heterocycles. The number of nitrogens with zero attached hydrogens (tertiary/aromatic N) is 1. The zero-order chi connectivity index (χ0) is 21.8. The molecular formula is C22H23N3O5. The Balaban J connectivity index is 2.13. The van der Waals surface area contributed by atoms with Gasteiger partial charge in [0.2, 0.25) is 5.91 Å². The minimum atomic E-state index is -0.560. The molecule has 0 fully saturated rings. The Morgan fingerprint density at radius 1 is 1.17 bits per heavy atom. The number of carbonyl (C=O) groups is 2. The van der Waals surface area contributed by atoms with Crippen molar-refractivity contribution >= 4 is 28.5 Å². The van der Waals surface area contributed by atoms with Crippen LogP contribution in [0.1, 0.15) is 36.7 Å². The van der Waals surface area contributed by atoms with Crippen molar-refractivity contribution < 1.29 is 19.2 Å². The summed E-state index contributed by atoms with van der Waals surface area (Å²) < 4.78 is 4.88. The van der Waals surface area contributed by atoms with Gasteiger partial charge in [-0.2, -0.15) is 0 Å². The molecule has 0 radical (unpaired) electrons. The molecule has 2 atom stereocenters. The van der Waals surface area contributed by atoms with Gasteiger partial charge < -0.3 is 15.0 Å². The van der Waals surface area contributed by atoms with Crippen LogP contribution < -0.4 is 5.32 Å². The van der Waals surface area contributed by atoms with Gasteiger partial charge in [0.05, 0.1) is 24.0 Å². The van der Waals surface area contributed by atoms with Crippen molar-refractivity contribution in [3.05, 3.63) is 75.5 Å². The summed E-state index contributed by atoms with van der Waals surface area (Å²) in [6, 6.07) is 13.2. The van der Waals surface area contributed by atoms with Crippen LogP contribution >= 0.6 is 0 Å². The van der Waals surface area contributed by atoms with Gasteiger partial charge in [-0.15, -0.1) is 0 Å². The standard InChI is InChI=1S/C22H23N3O5/c1-13(22(27)30-3)12-18-17-6-4-5-7-19(17)24-21(18)20(23-14(2)26)15-8-10-16(11-9-15)25(28)29/h4-11,13,20,24H,12H2,1-3H3,(H,23,26). The molecule has 0 aliphatic rings. The number of H-pyrrole nitrogens is 1. The molecule has 156 valence electrons. The fourth-order valence-corrected chi connectivity index (χ4v) is 3.59. The Morgan fingerprint density at radius 2 is 1.83 bits per heavy atom. The number of carbonyl (C=O) groups excluding carboxylic acids is 2. The lowest BCUT2D eigenvalue weighted by Gasteiger charge is -2.20. The lowest BCUT2D eigenvalue weighted by molar-refractivity contribution is -0.384. The van der Waals surface area contributed by atoms with Crippen LogP contribution in [0.2, 0.25) is 0 Å². The first-order valence-electron chi connectivity index (χ1n) is 9.50. The third kappa shape index (κ3) is 4.32. The number of ether oxygens (including phenoxy) is 1. The van der Waals surface area contributed by atoms with Crippen LogP contribution in [-0.4, -0.2) is 28.9 Å². The van der Waals surface area contributed by atoms with Gasteiger partial charge in [0.25, 0.3) is 5.69 Å². The van der Waals surface area contributed by atoms with Crippen LogP contribution in [0.15, 0.2) is 48.5 Å². The number of benzene rings is 2. The first-order chi connectivity index (χ1) is 14.3. The minimum absolute atomic E-state index is 0.0310. The van der Waals surface area contributed by atoms with Crippen LogP contribution in [0.4, 0.5) is 5.69 Å². The highest BCUT2D eigenvalue weighted by atomic mass is 16.6. The molecule has 1 amide bonds. The third-order valence-corrected chi connectivity index (χ3v) is 5.03. The zero-order valence-electron chi connectivity index (χ0n) is 17.0. The van der Waals surface area contributed by atoms with Gasteiger partial charge >= 0.3 is 5.97 Å². The van der Waals surface area contributed by atoms with E-state index in [1.807, 2.05) is 24.3 Å². The highest BCUT2D eigenvalue weighted by Gasteiger charge is 2.26. The van der Waals surface area contributed by atoms with Crippen LogP contribution in [0, 0.1) is 16.0 Å². The number of esters is 1. The number of hydrogen-bond donors (Lipinski definition) is 2. The molecule has 1 heterocycles. The second kappa shape index (κ2) is 8.77. The Morgan fingerprint density at radius 3 is 2.43 bits per heavy atom. The summed E-state index contributed by atoms with van der Waals surface area (Å²) in [7, 11) is 1.35. The van der Waals surface area contributed by atoms with E-state index < -0.39 is 11.0 Å². The maximum absolute atomic E-state index is 12.0. The van der Waals surface area contributed by atoms with Crippen molar-refractivity contribution in [3.63, 3.8) is 0 Å². The van der Waals surface area contributed by atoms with Gasteiger partial charge in [0.1, 0.15) is 0 Å². The fraction of sp³-hybridized carbons (Fsp3) is 0.273. The number of non-ortho nitro benzene ring substituents is 1. The molecule has 2 N–H and O–H groups in total. The summed E-state index contributed by atoms with van der Waals surface area (Å²) in [5.74, 6) is -0.954. The summed E-state index contributed by atoms with van der Waals surface area (Å²) in [5.41, 5.74) is 3.15. The Bertz CT molecular complexity index is 1090. The largest absolute Gasteiger partial charge is 0.469 e. The number of nitro benzene ring substituents is 1. The molecule has 3 aromatic rings. The lowest BCUT2D eigenvalue weighted by atomic mass is 9.93. The number of aromatic nitrogens is 1. The normalized spacial score (nSPS) is 12.9. The maximum atomic E-state index is 12.0. The first-order valence-corrected chi connectivity index (χ1v) is 9.50. The molecule has 1 aromatic heterocycles. The van der Waals surface area contributed by atoms with E-state index in [1.54, 1.807) is 19.1 Å². The van der Waals surface area contributed by atoms with Gasteiger partial charge in [-0.1, -0.05) is 25.1 Å². The van der Waals surface area contributed by atoms with E-state index in [0.717, 1.165) is 22.2 Å². The van der Waals surface area contributed by atoms with E-state index in [1.165, 1.54) is 26.2 Å². The highest BCUT2D eigenvalue weighted by molar-refractivity contribution is 5.86. The average molecular weight is 409 g/mol. The second-order valence-corrected chi connectivity index (χ2v) is 7.17. The molecule has 2 unspecified atom stereocenters. The summed E-state index contributed by atoms with van der Waals surface area (Å²) in [6.07, 6.45) is 0.412. The molecule has 0 aliphatic carbocycles. The first kappa shape index (κ1) is 21.0. The van der Waals surface area contributed by atoms with Gasteiger partial charge in [-0.05, 0) is 35.7 Å². The monoisotopic (exact) mass is 409 g/mol.